The number of nitrogens with zero attached hydrogens (tertiary/aromatic N) is 1. The Labute approximate surface area is 78.5 Å². The molecular formula is C8H5ClF2N2. The van der Waals surface area contributed by atoms with Crippen molar-refractivity contribution in [3.05, 3.63) is 28.8 Å². The van der Waals surface area contributed by atoms with Gasteiger partial charge in [-0.2, -0.15) is 14.0 Å². The lowest BCUT2D eigenvalue weighted by Gasteiger charge is -2.08. The molecule has 1 aromatic rings. The number of anilines is 1. The maximum absolute atomic E-state index is 12.7. The first-order valence-corrected chi connectivity index (χ1v) is 3.70. The summed E-state index contributed by atoms with van der Waals surface area (Å²) in [5.74, 6) is -3.52. The molecule has 0 saturated carbocycles. The van der Waals surface area contributed by atoms with Gasteiger partial charge in [-0.1, -0.05) is 11.6 Å². The molecule has 0 atom stereocenters. The molecule has 0 aliphatic heterocycles. The van der Waals surface area contributed by atoms with Crippen molar-refractivity contribution in [1.82, 2.24) is 0 Å². The molecule has 1 rings (SSSR count). The summed E-state index contributed by atoms with van der Waals surface area (Å²) in [6.07, 6.45) is 0. The molecule has 0 spiro atoms. The van der Waals surface area contributed by atoms with Crippen LogP contribution in [0, 0.1) is 11.3 Å². The third-order valence-electron chi connectivity index (χ3n) is 1.50. The zero-order valence-corrected chi connectivity index (χ0v) is 7.15. The summed E-state index contributed by atoms with van der Waals surface area (Å²) in [7, 11) is 0. The predicted octanol–water partition coefficient (Wildman–Crippen LogP) is 2.54. The molecule has 1 aromatic carbocycles. The lowest BCUT2D eigenvalue weighted by Crippen LogP contribution is -2.09. The minimum absolute atomic E-state index is 0.0208. The van der Waals surface area contributed by atoms with Crippen LogP contribution >= 0.6 is 11.6 Å². The van der Waals surface area contributed by atoms with E-state index in [9.17, 15) is 8.78 Å². The van der Waals surface area contributed by atoms with Crippen LogP contribution in [0.1, 0.15) is 5.56 Å². The molecule has 2 nitrogen and oxygen atoms in total. The molecule has 0 amide bonds. The first-order valence-electron chi connectivity index (χ1n) is 3.32. The van der Waals surface area contributed by atoms with Gasteiger partial charge in [-0.15, -0.1) is 0 Å². The van der Waals surface area contributed by atoms with Gasteiger partial charge in [-0.3, -0.25) is 0 Å². The standard InChI is InChI=1S/C8H5ClF2N2/c9-6-3-5(1-2-7(6)13)8(10,11)4-12/h1-3H,13H2. The van der Waals surface area contributed by atoms with E-state index >= 15 is 0 Å². The van der Waals surface area contributed by atoms with Crippen LogP contribution in [0.25, 0.3) is 0 Å². The third-order valence-corrected chi connectivity index (χ3v) is 1.83. The van der Waals surface area contributed by atoms with Crippen molar-refractivity contribution in [2.75, 3.05) is 5.73 Å². The largest absolute Gasteiger partial charge is 0.398 e. The highest BCUT2D eigenvalue weighted by Crippen LogP contribution is 2.30. The van der Waals surface area contributed by atoms with Crippen molar-refractivity contribution < 1.29 is 8.78 Å². The molecule has 0 bridgehead atoms. The molecule has 0 unspecified atom stereocenters. The van der Waals surface area contributed by atoms with Crippen LogP contribution in [0.4, 0.5) is 14.5 Å². The molecule has 0 radical (unpaired) electrons. The number of hydrogen-bond donors (Lipinski definition) is 1. The third kappa shape index (κ3) is 1.87. The Balaban J connectivity index is 3.20. The SMILES string of the molecule is N#CC(F)(F)c1ccc(N)c(Cl)c1. The van der Waals surface area contributed by atoms with Gasteiger partial charge < -0.3 is 5.73 Å². The summed E-state index contributed by atoms with van der Waals surface area (Å²) >= 11 is 5.51. The van der Waals surface area contributed by atoms with E-state index in [-0.39, 0.29) is 10.7 Å². The number of benzene rings is 1. The van der Waals surface area contributed by atoms with E-state index in [1.54, 1.807) is 0 Å². The van der Waals surface area contributed by atoms with Crippen LogP contribution < -0.4 is 5.73 Å². The number of nitrogens with two attached hydrogens (primary N) is 1. The number of alkyl halides is 2. The van der Waals surface area contributed by atoms with Gasteiger partial charge in [0.05, 0.1) is 10.7 Å². The summed E-state index contributed by atoms with van der Waals surface area (Å²) in [5, 5.41) is 8.15. The van der Waals surface area contributed by atoms with Crippen LogP contribution in [0.5, 0.6) is 0 Å². The molecule has 0 fully saturated rings. The van der Waals surface area contributed by atoms with Gasteiger partial charge in [-0.25, -0.2) is 0 Å². The van der Waals surface area contributed by atoms with E-state index in [4.69, 9.17) is 22.6 Å². The van der Waals surface area contributed by atoms with Crippen LogP contribution in [0.15, 0.2) is 18.2 Å². The van der Waals surface area contributed by atoms with Gasteiger partial charge >= 0.3 is 5.92 Å². The second kappa shape index (κ2) is 3.19. The van der Waals surface area contributed by atoms with Gasteiger partial charge in [0.1, 0.15) is 6.07 Å². The lowest BCUT2D eigenvalue weighted by atomic mass is 10.1. The minimum Gasteiger partial charge on any atom is -0.398 e. The number of nitrogen functional groups attached to an aromatic ring is 1. The van der Waals surface area contributed by atoms with E-state index in [0.29, 0.717) is 0 Å². The van der Waals surface area contributed by atoms with E-state index < -0.39 is 11.5 Å². The highest BCUT2D eigenvalue weighted by Gasteiger charge is 2.31. The fraction of sp³-hybridized carbons (Fsp3) is 0.125. The molecule has 13 heavy (non-hydrogen) atoms. The average Bonchev–Trinajstić information content (AvgIpc) is 2.09. The molecular weight excluding hydrogens is 198 g/mol. The van der Waals surface area contributed by atoms with E-state index in [0.717, 1.165) is 18.2 Å². The Bertz CT molecular complexity index is 371. The van der Waals surface area contributed by atoms with Gasteiger partial charge in [0.15, 0.2) is 0 Å². The number of hydrogen-bond acceptors (Lipinski definition) is 2. The van der Waals surface area contributed by atoms with Crippen molar-refractivity contribution in [1.29, 1.82) is 5.26 Å². The summed E-state index contributed by atoms with van der Waals surface area (Å²) in [5.41, 5.74) is 5.07. The smallest absolute Gasteiger partial charge is 0.357 e. The minimum atomic E-state index is -3.52. The Morgan fingerprint density at radius 2 is 2.08 bits per heavy atom. The zero-order valence-electron chi connectivity index (χ0n) is 6.39. The molecule has 2 N–H and O–H groups in total. The number of nitriles is 1. The molecule has 0 aliphatic rings. The van der Waals surface area contributed by atoms with Crippen molar-refractivity contribution in [2.24, 2.45) is 0 Å². The van der Waals surface area contributed by atoms with Gasteiger partial charge in [0, 0.05) is 5.56 Å². The van der Waals surface area contributed by atoms with Gasteiger partial charge in [-0.05, 0) is 18.2 Å². The van der Waals surface area contributed by atoms with Crippen molar-refractivity contribution in [3.63, 3.8) is 0 Å². The summed E-state index contributed by atoms with van der Waals surface area (Å²) < 4.78 is 25.5. The quantitative estimate of drug-likeness (QED) is 0.712. The zero-order chi connectivity index (χ0) is 10.1. The Kier molecular flexibility index (Phi) is 2.39. The Morgan fingerprint density at radius 3 is 2.54 bits per heavy atom. The first kappa shape index (κ1) is 9.75. The van der Waals surface area contributed by atoms with E-state index in [1.807, 2.05) is 0 Å². The van der Waals surface area contributed by atoms with Gasteiger partial charge in [0.25, 0.3) is 0 Å². The maximum Gasteiger partial charge on any atom is 0.357 e. The lowest BCUT2D eigenvalue weighted by molar-refractivity contribution is 0.0613. The Hall–Kier alpha value is -1.34. The molecule has 68 valence electrons. The average molecular weight is 203 g/mol. The van der Waals surface area contributed by atoms with Crippen LogP contribution in [-0.4, -0.2) is 0 Å². The molecule has 0 saturated heterocycles. The molecule has 0 aromatic heterocycles. The summed E-state index contributed by atoms with van der Waals surface area (Å²) in [6, 6.07) is 4.17. The molecule has 5 heteroatoms. The fourth-order valence-corrected chi connectivity index (χ4v) is 0.968. The van der Waals surface area contributed by atoms with E-state index in [2.05, 4.69) is 0 Å². The number of halogens is 3. The fourth-order valence-electron chi connectivity index (χ4n) is 0.787. The first-order chi connectivity index (χ1) is 5.97. The monoisotopic (exact) mass is 202 g/mol. The summed E-state index contributed by atoms with van der Waals surface area (Å²) in [6.45, 7) is 0. The normalized spacial score (nSPS) is 10.9. The van der Waals surface area contributed by atoms with Crippen LogP contribution in [0.2, 0.25) is 5.02 Å². The van der Waals surface area contributed by atoms with Crippen LogP contribution in [-0.2, 0) is 5.92 Å². The molecule has 0 heterocycles. The predicted molar refractivity (Wildman–Crippen MR) is 45.4 cm³/mol. The highest BCUT2D eigenvalue weighted by atomic mass is 35.5. The van der Waals surface area contributed by atoms with Crippen molar-refractivity contribution in [2.45, 2.75) is 5.92 Å². The maximum atomic E-state index is 12.7. The van der Waals surface area contributed by atoms with Crippen molar-refractivity contribution >= 4 is 17.3 Å². The highest BCUT2D eigenvalue weighted by molar-refractivity contribution is 6.33. The molecule has 0 aliphatic carbocycles. The van der Waals surface area contributed by atoms with Crippen LogP contribution in [0.3, 0.4) is 0 Å². The second-order valence-corrected chi connectivity index (χ2v) is 2.83. The van der Waals surface area contributed by atoms with Gasteiger partial charge in [0.2, 0.25) is 0 Å². The van der Waals surface area contributed by atoms with E-state index in [1.165, 1.54) is 6.07 Å². The van der Waals surface area contributed by atoms with Crippen molar-refractivity contribution in [3.8, 4) is 6.07 Å². The topological polar surface area (TPSA) is 49.8 Å². The summed E-state index contributed by atoms with van der Waals surface area (Å²) in [4.78, 5) is 0. The second-order valence-electron chi connectivity index (χ2n) is 2.42. The Morgan fingerprint density at radius 1 is 1.46 bits per heavy atom. The number of rotatable bonds is 1.